The summed E-state index contributed by atoms with van der Waals surface area (Å²) in [6, 6.07) is 0.909. The Kier molecular flexibility index (Phi) is 1.31. The fourth-order valence-electron chi connectivity index (χ4n) is 3.66. The van der Waals surface area contributed by atoms with Crippen LogP contribution in [0, 0.1) is 17.8 Å². The molecule has 62 valence electrons. The molecule has 0 amide bonds. The van der Waals surface area contributed by atoms with Gasteiger partial charge in [0.25, 0.3) is 0 Å². The molecule has 1 N–H and O–H groups in total. The summed E-state index contributed by atoms with van der Waals surface area (Å²) in [6.45, 7) is 1.33. The SMILES string of the molecule is C1NC2CC3CC1CC(C3)C2. The predicted molar refractivity (Wildman–Crippen MR) is 45.3 cm³/mol. The van der Waals surface area contributed by atoms with E-state index in [2.05, 4.69) is 5.32 Å². The average Bonchev–Trinajstić information content (AvgIpc) is 2.18. The van der Waals surface area contributed by atoms with E-state index in [0.717, 1.165) is 23.8 Å². The van der Waals surface area contributed by atoms with Gasteiger partial charge in [-0.15, -0.1) is 0 Å². The van der Waals surface area contributed by atoms with Crippen LogP contribution in [0.1, 0.15) is 32.1 Å². The molecule has 0 spiro atoms. The molecule has 1 nitrogen and oxygen atoms in total. The first-order chi connectivity index (χ1) is 5.40. The van der Waals surface area contributed by atoms with E-state index in [0.29, 0.717) is 0 Å². The van der Waals surface area contributed by atoms with Crippen molar-refractivity contribution in [2.24, 2.45) is 17.8 Å². The Bertz CT molecular complexity index is 132. The normalized spacial score (nSPS) is 54.5. The first-order valence-corrected chi connectivity index (χ1v) is 5.13. The predicted octanol–water partition coefficient (Wildman–Crippen LogP) is 1.78. The maximum Gasteiger partial charge on any atom is 0.00724 e. The third-order valence-electron chi connectivity index (χ3n) is 3.93. The molecular weight excluding hydrogens is 134 g/mol. The summed E-state index contributed by atoms with van der Waals surface area (Å²) < 4.78 is 0. The lowest BCUT2D eigenvalue weighted by molar-refractivity contribution is 0.156. The molecule has 0 aromatic heterocycles. The van der Waals surface area contributed by atoms with Crippen molar-refractivity contribution in [3.63, 3.8) is 0 Å². The van der Waals surface area contributed by atoms with Gasteiger partial charge in [0.1, 0.15) is 0 Å². The standard InChI is InChI=1S/C10H17N/c1-7-2-9-3-8(1)5-10(4-7)11-6-9/h7-11H,1-6H2. The molecule has 11 heavy (non-hydrogen) atoms. The smallest absolute Gasteiger partial charge is 0.00724 e. The van der Waals surface area contributed by atoms with Crippen LogP contribution in [-0.4, -0.2) is 12.6 Å². The van der Waals surface area contributed by atoms with Crippen molar-refractivity contribution in [3.8, 4) is 0 Å². The third-order valence-corrected chi connectivity index (χ3v) is 3.93. The van der Waals surface area contributed by atoms with Crippen LogP contribution in [0.15, 0.2) is 0 Å². The molecule has 0 radical (unpaired) electrons. The van der Waals surface area contributed by atoms with Gasteiger partial charge in [-0.25, -0.2) is 0 Å². The van der Waals surface area contributed by atoms with Crippen molar-refractivity contribution in [1.82, 2.24) is 5.32 Å². The lowest BCUT2D eigenvalue weighted by Gasteiger charge is -2.37. The van der Waals surface area contributed by atoms with Crippen LogP contribution in [0.25, 0.3) is 0 Å². The van der Waals surface area contributed by atoms with Crippen molar-refractivity contribution < 1.29 is 0 Å². The van der Waals surface area contributed by atoms with Gasteiger partial charge in [0.2, 0.25) is 0 Å². The van der Waals surface area contributed by atoms with Gasteiger partial charge in [-0.3, -0.25) is 0 Å². The van der Waals surface area contributed by atoms with E-state index in [1.807, 2.05) is 0 Å². The maximum atomic E-state index is 3.70. The van der Waals surface area contributed by atoms with E-state index in [1.165, 1.54) is 19.4 Å². The van der Waals surface area contributed by atoms with Gasteiger partial charge in [-0.05, 0) is 56.4 Å². The van der Waals surface area contributed by atoms with E-state index in [9.17, 15) is 0 Å². The summed E-state index contributed by atoms with van der Waals surface area (Å²) in [5.74, 6) is 3.26. The Labute approximate surface area is 68.6 Å². The largest absolute Gasteiger partial charge is 0.314 e. The molecule has 4 bridgehead atoms. The van der Waals surface area contributed by atoms with Crippen LogP contribution in [-0.2, 0) is 0 Å². The summed E-state index contributed by atoms with van der Waals surface area (Å²) in [4.78, 5) is 0. The minimum atomic E-state index is 0.909. The Hall–Kier alpha value is -0.0400. The van der Waals surface area contributed by atoms with Gasteiger partial charge < -0.3 is 5.32 Å². The number of rotatable bonds is 0. The van der Waals surface area contributed by atoms with Gasteiger partial charge >= 0.3 is 0 Å². The van der Waals surface area contributed by atoms with Gasteiger partial charge in [0, 0.05) is 6.04 Å². The van der Waals surface area contributed by atoms with E-state index >= 15 is 0 Å². The molecule has 4 rings (SSSR count). The molecule has 4 aliphatic rings. The summed E-state index contributed by atoms with van der Waals surface area (Å²) in [7, 11) is 0. The molecule has 0 aromatic rings. The first-order valence-electron chi connectivity index (χ1n) is 5.13. The second-order valence-electron chi connectivity index (χ2n) is 4.88. The molecule has 4 fully saturated rings. The summed E-state index contributed by atoms with van der Waals surface area (Å²) in [5.41, 5.74) is 0. The molecule has 2 heterocycles. The van der Waals surface area contributed by atoms with Crippen LogP contribution in [0.3, 0.4) is 0 Å². The Morgan fingerprint density at radius 3 is 2.09 bits per heavy atom. The molecule has 2 aliphatic heterocycles. The summed E-state index contributed by atoms with van der Waals surface area (Å²) >= 11 is 0. The second-order valence-corrected chi connectivity index (χ2v) is 4.88. The van der Waals surface area contributed by atoms with Crippen LogP contribution < -0.4 is 5.32 Å². The highest BCUT2D eigenvalue weighted by Gasteiger charge is 2.38. The Morgan fingerprint density at radius 2 is 1.36 bits per heavy atom. The lowest BCUT2D eigenvalue weighted by atomic mass is 9.68. The Balaban J connectivity index is 1.90. The second kappa shape index (κ2) is 2.22. The zero-order valence-electron chi connectivity index (χ0n) is 7.05. The van der Waals surface area contributed by atoms with Gasteiger partial charge in [-0.2, -0.15) is 0 Å². The van der Waals surface area contributed by atoms with E-state index in [4.69, 9.17) is 0 Å². The first kappa shape index (κ1) is 6.47. The number of fused-ring (bicyclic) bond motifs is 1. The highest BCUT2D eigenvalue weighted by molar-refractivity contribution is 4.93. The van der Waals surface area contributed by atoms with Crippen LogP contribution in [0.4, 0.5) is 0 Å². The monoisotopic (exact) mass is 151 g/mol. The third kappa shape index (κ3) is 1.01. The Morgan fingerprint density at radius 1 is 0.727 bits per heavy atom. The van der Waals surface area contributed by atoms with E-state index in [1.54, 1.807) is 19.3 Å². The average molecular weight is 151 g/mol. The minimum absolute atomic E-state index is 0.909. The van der Waals surface area contributed by atoms with E-state index < -0.39 is 0 Å². The van der Waals surface area contributed by atoms with Crippen molar-refractivity contribution in [2.75, 3.05) is 6.54 Å². The minimum Gasteiger partial charge on any atom is -0.314 e. The molecular formula is C10H17N. The summed E-state index contributed by atoms with van der Waals surface area (Å²) in [5, 5.41) is 3.70. The molecule has 2 aliphatic carbocycles. The lowest BCUT2D eigenvalue weighted by Crippen LogP contribution is -2.33. The number of nitrogens with one attached hydrogen (secondary N) is 1. The molecule has 2 saturated heterocycles. The van der Waals surface area contributed by atoms with Crippen molar-refractivity contribution >= 4 is 0 Å². The zero-order chi connectivity index (χ0) is 7.26. The van der Waals surface area contributed by atoms with Crippen LogP contribution >= 0.6 is 0 Å². The number of hydrogen-bond donors (Lipinski definition) is 1. The fourth-order valence-corrected chi connectivity index (χ4v) is 3.66. The van der Waals surface area contributed by atoms with E-state index in [-0.39, 0.29) is 0 Å². The number of hydrogen-bond acceptors (Lipinski definition) is 1. The van der Waals surface area contributed by atoms with Crippen molar-refractivity contribution in [1.29, 1.82) is 0 Å². The topological polar surface area (TPSA) is 12.0 Å². The zero-order valence-corrected chi connectivity index (χ0v) is 7.05. The van der Waals surface area contributed by atoms with Gasteiger partial charge in [0.15, 0.2) is 0 Å². The summed E-state index contributed by atoms with van der Waals surface area (Å²) in [6.07, 6.45) is 7.63. The van der Waals surface area contributed by atoms with Crippen molar-refractivity contribution in [3.05, 3.63) is 0 Å². The van der Waals surface area contributed by atoms with Crippen molar-refractivity contribution in [2.45, 2.75) is 38.1 Å². The van der Waals surface area contributed by atoms with Crippen LogP contribution in [0.2, 0.25) is 0 Å². The molecule has 2 saturated carbocycles. The van der Waals surface area contributed by atoms with Gasteiger partial charge in [0.05, 0.1) is 0 Å². The quantitative estimate of drug-likeness (QED) is 0.556. The fraction of sp³-hybridized carbons (Fsp3) is 1.00. The molecule has 1 heteroatoms. The van der Waals surface area contributed by atoms with Crippen LogP contribution in [0.5, 0.6) is 0 Å². The highest BCUT2D eigenvalue weighted by atomic mass is 14.9. The maximum absolute atomic E-state index is 3.70. The molecule has 2 unspecified atom stereocenters. The van der Waals surface area contributed by atoms with Gasteiger partial charge in [-0.1, -0.05) is 0 Å². The molecule has 0 aromatic carbocycles. The highest BCUT2D eigenvalue weighted by Crippen LogP contribution is 2.44. The molecule has 2 atom stereocenters.